The molecule has 1 aliphatic heterocycles. The summed E-state index contributed by atoms with van der Waals surface area (Å²) in [5.74, 6) is 1.57. The smallest absolute Gasteiger partial charge is 0.326 e. The van der Waals surface area contributed by atoms with E-state index in [0.29, 0.717) is 64.0 Å². The Morgan fingerprint density at radius 2 is 1.84 bits per heavy atom. The van der Waals surface area contributed by atoms with E-state index in [-0.39, 0.29) is 5.91 Å². The summed E-state index contributed by atoms with van der Waals surface area (Å²) >= 11 is 1.72. The average molecular weight is 720 g/mol. The fraction of sp³-hybridized carbons (Fsp3) is 0.559. The highest BCUT2D eigenvalue weighted by Gasteiger charge is 2.38. The Morgan fingerprint density at radius 3 is 2.46 bits per heavy atom. The van der Waals surface area contributed by atoms with Crippen LogP contribution in [-0.2, 0) is 33.1 Å². The summed E-state index contributed by atoms with van der Waals surface area (Å²) in [5, 5.41) is 38.1. The van der Waals surface area contributed by atoms with Crippen LogP contribution in [0.5, 0.6) is 0 Å². The third-order valence-electron chi connectivity index (χ3n) is 7.83. The first kappa shape index (κ1) is 42.0. The molecule has 3 rings (SSSR count). The summed E-state index contributed by atoms with van der Waals surface area (Å²) in [6.45, 7) is 2.31. The van der Waals surface area contributed by atoms with Crippen molar-refractivity contribution in [3.63, 3.8) is 0 Å². The molecular formula is C34H53N7O8S. The van der Waals surface area contributed by atoms with Gasteiger partial charge >= 0.3 is 11.9 Å². The van der Waals surface area contributed by atoms with Gasteiger partial charge in [0.15, 0.2) is 5.82 Å². The topological polar surface area (TPSA) is 217 Å². The molecule has 2 aromatic rings. The fourth-order valence-electron chi connectivity index (χ4n) is 5.37. The normalized spacial score (nSPS) is 15.6. The Morgan fingerprint density at radius 1 is 1.12 bits per heavy atom. The number of carbonyl (C=O) groups excluding carboxylic acids is 1. The minimum atomic E-state index is -1.02. The van der Waals surface area contributed by atoms with Gasteiger partial charge in [0.05, 0.1) is 23.3 Å². The number of furan rings is 1. The summed E-state index contributed by atoms with van der Waals surface area (Å²) in [6, 6.07) is 11.1. The zero-order valence-electron chi connectivity index (χ0n) is 29.2. The highest BCUT2D eigenvalue weighted by atomic mass is 32.2. The monoisotopic (exact) mass is 719 g/mol. The van der Waals surface area contributed by atoms with E-state index in [0.717, 1.165) is 47.8 Å². The maximum Gasteiger partial charge on any atom is 0.326 e. The molecule has 1 aromatic carbocycles. The number of carboxylic acid groups (broad SMARTS) is 2. The van der Waals surface area contributed by atoms with Crippen molar-refractivity contribution in [2.75, 3.05) is 46.5 Å². The van der Waals surface area contributed by atoms with Gasteiger partial charge in [0.25, 0.3) is 6.20 Å². The second-order valence-electron chi connectivity index (χ2n) is 12.1. The highest BCUT2D eigenvalue weighted by molar-refractivity contribution is 7.98. The molecule has 3 atom stereocenters. The molecule has 1 aromatic heterocycles. The summed E-state index contributed by atoms with van der Waals surface area (Å²) in [4.78, 5) is 49.6. The van der Waals surface area contributed by atoms with Gasteiger partial charge in [-0.15, -0.1) is 0 Å². The second kappa shape index (κ2) is 23.3. The van der Waals surface area contributed by atoms with Gasteiger partial charge in [-0.1, -0.05) is 36.8 Å². The number of hydrogen-bond acceptors (Lipinski definition) is 12. The Hall–Kier alpha value is -4.12. The lowest BCUT2D eigenvalue weighted by Gasteiger charge is -2.29. The van der Waals surface area contributed by atoms with Crippen LogP contribution < -0.4 is 21.7 Å². The summed E-state index contributed by atoms with van der Waals surface area (Å²) in [6.07, 6.45) is 4.69. The predicted molar refractivity (Wildman–Crippen MR) is 193 cm³/mol. The van der Waals surface area contributed by atoms with Crippen molar-refractivity contribution in [1.82, 2.24) is 25.8 Å². The molecule has 1 amide bonds. The van der Waals surface area contributed by atoms with E-state index >= 15 is 0 Å². The number of rotatable bonds is 22. The number of nitrogens with one attached hydrogen (secondary N) is 3. The number of unbranched alkanes of at least 4 members (excludes halogenated alkanes) is 1. The second-order valence-corrected chi connectivity index (χ2v) is 13.2. The number of thioether (sulfide) groups is 1. The maximum atomic E-state index is 13.1. The maximum absolute atomic E-state index is 13.1. The number of nitrogens with zero attached hydrogens (tertiary/aromatic N) is 3. The van der Waals surface area contributed by atoms with E-state index in [1.54, 1.807) is 18.8 Å². The molecular weight excluding hydrogens is 666 g/mol. The van der Waals surface area contributed by atoms with Crippen LogP contribution in [0, 0.1) is 10.1 Å². The molecule has 1 aliphatic rings. The average Bonchev–Trinajstić information content (AvgIpc) is 3.75. The van der Waals surface area contributed by atoms with Crippen LogP contribution in [0.25, 0.3) is 0 Å². The van der Waals surface area contributed by atoms with Crippen LogP contribution in [0.3, 0.4) is 0 Å². The Balaban J connectivity index is 0.000000366. The van der Waals surface area contributed by atoms with E-state index in [4.69, 9.17) is 10.2 Å². The van der Waals surface area contributed by atoms with Crippen LogP contribution >= 0.6 is 11.8 Å². The molecule has 0 bridgehead atoms. The van der Waals surface area contributed by atoms with Crippen molar-refractivity contribution in [2.24, 2.45) is 5.73 Å². The molecule has 2 heterocycles. The van der Waals surface area contributed by atoms with Crippen molar-refractivity contribution in [1.29, 1.82) is 0 Å². The van der Waals surface area contributed by atoms with Gasteiger partial charge in [-0.05, 0) is 76.9 Å². The quantitative estimate of drug-likeness (QED) is 0.0586. The number of carboxylic acids is 2. The number of aryl methyl sites for hydroxylation is 1. The third kappa shape index (κ3) is 16.1. The number of nitrogens with two attached hydrogens (primary N) is 1. The summed E-state index contributed by atoms with van der Waals surface area (Å²) in [7, 11) is 5.64. The lowest BCUT2D eigenvalue weighted by atomic mass is 10.0. The van der Waals surface area contributed by atoms with Crippen LogP contribution in [-0.4, -0.2) is 107 Å². The van der Waals surface area contributed by atoms with Gasteiger partial charge in [0, 0.05) is 25.9 Å². The number of hydrogen-bond donors (Lipinski definition) is 6. The van der Waals surface area contributed by atoms with Crippen LogP contribution in [0.1, 0.15) is 55.6 Å². The van der Waals surface area contributed by atoms with E-state index in [9.17, 15) is 34.7 Å². The first-order valence-electron chi connectivity index (χ1n) is 16.8. The van der Waals surface area contributed by atoms with E-state index < -0.39 is 35.0 Å². The zero-order valence-corrected chi connectivity index (χ0v) is 30.0. The lowest BCUT2D eigenvalue weighted by molar-refractivity contribution is -0.404. The number of nitro groups is 1. The van der Waals surface area contributed by atoms with Crippen molar-refractivity contribution >= 4 is 29.6 Å². The summed E-state index contributed by atoms with van der Waals surface area (Å²) < 4.78 is 5.70. The minimum absolute atomic E-state index is 0.335. The van der Waals surface area contributed by atoms with E-state index in [1.807, 2.05) is 56.6 Å². The first-order chi connectivity index (χ1) is 23.9. The number of amides is 1. The SMILES string of the molecule is CN/C(=C/[N+](=O)[O-])NCCSCc1ccc(CN(C)C)o1.NCCCC[C@H](N[C@@H](CCc1ccccc1)C(=O)O)C(=O)N1CCC[C@H]1C(=O)O. The fourth-order valence-corrected chi connectivity index (χ4v) is 6.11. The Labute approximate surface area is 298 Å². The number of aliphatic carboxylic acids is 2. The van der Waals surface area contributed by atoms with Gasteiger partial charge in [-0.2, -0.15) is 11.8 Å². The molecule has 0 spiro atoms. The zero-order chi connectivity index (χ0) is 36.9. The molecule has 0 unspecified atom stereocenters. The molecule has 50 heavy (non-hydrogen) atoms. The van der Waals surface area contributed by atoms with Crippen molar-refractivity contribution in [3.8, 4) is 0 Å². The van der Waals surface area contributed by atoms with Gasteiger partial charge in [0.2, 0.25) is 5.91 Å². The molecule has 1 fully saturated rings. The molecule has 0 aliphatic carbocycles. The van der Waals surface area contributed by atoms with Gasteiger partial charge in [-0.3, -0.25) is 25.0 Å². The first-order valence-corrected chi connectivity index (χ1v) is 17.9. The Kier molecular flexibility index (Phi) is 19.6. The molecule has 15 nitrogen and oxygen atoms in total. The van der Waals surface area contributed by atoms with E-state index in [1.165, 1.54) is 4.90 Å². The molecule has 0 saturated carbocycles. The van der Waals surface area contributed by atoms with Crippen molar-refractivity contribution < 1.29 is 33.9 Å². The van der Waals surface area contributed by atoms with Crippen LogP contribution in [0.2, 0.25) is 0 Å². The molecule has 7 N–H and O–H groups in total. The van der Waals surface area contributed by atoms with Gasteiger partial charge < -0.3 is 40.8 Å². The van der Waals surface area contributed by atoms with Gasteiger partial charge in [0.1, 0.15) is 23.6 Å². The van der Waals surface area contributed by atoms with Crippen LogP contribution in [0.4, 0.5) is 0 Å². The van der Waals surface area contributed by atoms with Gasteiger partial charge in [-0.25, -0.2) is 4.79 Å². The van der Waals surface area contributed by atoms with Crippen LogP contribution in [0.15, 0.2) is 58.9 Å². The minimum Gasteiger partial charge on any atom is -0.480 e. The molecule has 16 heteroatoms. The number of benzene rings is 1. The Bertz CT molecular complexity index is 1360. The van der Waals surface area contributed by atoms with E-state index in [2.05, 4.69) is 20.9 Å². The molecule has 1 saturated heterocycles. The predicted octanol–water partition coefficient (Wildman–Crippen LogP) is 2.69. The largest absolute Gasteiger partial charge is 0.480 e. The molecule has 278 valence electrons. The van der Waals surface area contributed by atoms with Crippen molar-refractivity contribution in [3.05, 3.63) is 81.7 Å². The lowest BCUT2D eigenvalue weighted by Crippen LogP contribution is -2.54. The highest BCUT2D eigenvalue weighted by Crippen LogP contribution is 2.21. The van der Waals surface area contributed by atoms with Crippen molar-refractivity contribution in [2.45, 2.75) is 75.4 Å². The number of likely N-dealkylation sites (tertiary alicyclic amines) is 1. The summed E-state index contributed by atoms with van der Waals surface area (Å²) in [5.41, 5.74) is 6.57. The number of carbonyl (C=O) groups is 3. The third-order valence-corrected chi connectivity index (χ3v) is 8.81. The standard InChI is InChI=1S/C21H31N3O5.C13H22N4O3S/c22-13-5-4-9-16(19(25)24-14-6-10-18(24)21(28)29)23-17(20(26)27)12-11-15-7-2-1-3-8-15;1-14-13(9-17(18)19)15-6-7-21-10-12-5-4-11(20-12)8-16(2)3/h1-3,7-8,16-18,23H,4-6,9-14,22H2,(H,26,27)(H,28,29);4-5,9,14-15H,6-8,10H2,1-3H3/b;13-9-/t16-,17-,18-;/m0./s1. The molecule has 0 radical (unpaired) electrons.